The van der Waals surface area contributed by atoms with Crippen LogP contribution in [0.1, 0.15) is 77.6 Å². The summed E-state index contributed by atoms with van der Waals surface area (Å²) in [6.07, 6.45) is 13.5. The number of hydrogen-bond acceptors (Lipinski definition) is 2. The van der Waals surface area contributed by atoms with Crippen LogP contribution in [0.5, 0.6) is 5.75 Å². The monoisotopic (exact) mass is 404 g/mol. The zero-order valence-electron chi connectivity index (χ0n) is 17.5. The van der Waals surface area contributed by atoms with Crippen LogP contribution in [0.15, 0.2) is 18.2 Å². The summed E-state index contributed by atoms with van der Waals surface area (Å²) in [4.78, 5) is 12.8. The standard InChI is InChI=1S/C25H34F2O2/c1-2-16-6-8-17(9-7-16)18-10-12-21-19(14-18)4-3-5-22(21)25(28)29-24-13-11-20(26)15-23(24)27/h11,13,15-19,21-22H,2-10,12,14H2,1H3. The lowest BCUT2D eigenvalue weighted by molar-refractivity contribution is -0.144. The molecular formula is C25H34F2O2. The van der Waals surface area contributed by atoms with E-state index in [4.69, 9.17) is 4.74 Å². The van der Waals surface area contributed by atoms with Gasteiger partial charge in [0, 0.05) is 6.07 Å². The molecule has 0 N–H and O–H groups in total. The van der Waals surface area contributed by atoms with Crippen LogP contribution in [0, 0.1) is 47.1 Å². The predicted octanol–water partition coefficient (Wildman–Crippen LogP) is 6.92. The van der Waals surface area contributed by atoms with E-state index in [-0.39, 0.29) is 17.6 Å². The molecule has 0 amide bonds. The van der Waals surface area contributed by atoms with Crippen LogP contribution in [0.4, 0.5) is 8.78 Å². The van der Waals surface area contributed by atoms with E-state index in [1.165, 1.54) is 57.4 Å². The molecule has 2 nitrogen and oxygen atoms in total. The summed E-state index contributed by atoms with van der Waals surface area (Å²) in [5, 5.41) is 0. The highest BCUT2D eigenvalue weighted by Gasteiger charge is 2.43. The Morgan fingerprint density at radius 3 is 2.45 bits per heavy atom. The summed E-state index contributed by atoms with van der Waals surface area (Å²) in [7, 11) is 0. The van der Waals surface area contributed by atoms with Crippen molar-refractivity contribution in [1.82, 2.24) is 0 Å². The van der Waals surface area contributed by atoms with Gasteiger partial charge in [-0.3, -0.25) is 4.79 Å². The van der Waals surface area contributed by atoms with E-state index in [1.54, 1.807) is 0 Å². The zero-order valence-corrected chi connectivity index (χ0v) is 17.5. The fraction of sp³-hybridized carbons (Fsp3) is 0.720. The Balaban J connectivity index is 1.36. The highest BCUT2D eigenvalue weighted by atomic mass is 19.1. The van der Waals surface area contributed by atoms with Gasteiger partial charge in [-0.05, 0) is 80.2 Å². The summed E-state index contributed by atoms with van der Waals surface area (Å²) in [6, 6.07) is 3.12. The van der Waals surface area contributed by atoms with Crippen molar-refractivity contribution in [1.29, 1.82) is 0 Å². The molecule has 0 spiro atoms. The van der Waals surface area contributed by atoms with E-state index in [1.807, 2.05) is 0 Å². The molecule has 4 heteroatoms. The van der Waals surface area contributed by atoms with Crippen molar-refractivity contribution in [2.75, 3.05) is 0 Å². The second-order valence-electron chi connectivity index (χ2n) is 9.72. The third-order valence-electron chi connectivity index (χ3n) is 8.23. The van der Waals surface area contributed by atoms with Gasteiger partial charge in [0.15, 0.2) is 11.6 Å². The molecule has 29 heavy (non-hydrogen) atoms. The van der Waals surface area contributed by atoms with Gasteiger partial charge in [0.05, 0.1) is 5.92 Å². The number of carbonyl (C=O) groups is 1. The maximum Gasteiger partial charge on any atom is 0.314 e. The number of rotatable bonds is 4. The molecule has 1 aromatic carbocycles. The van der Waals surface area contributed by atoms with Gasteiger partial charge in [0.1, 0.15) is 5.82 Å². The molecule has 0 aliphatic heterocycles. The van der Waals surface area contributed by atoms with Crippen LogP contribution in [0.2, 0.25) is 0 Å². The lowest BCUT2D eigenvalue weighted by Gasteiger charge is -2.46. The molecule has 3 fully saturated rings. The Labute approximate surface area is 173 Å². The van der Waals surface area contributed by atoms with E-state index in [0.29, 0.717) is 11.8 Å². The molecule has 0 saturated heterocycles. The second-order valence-corrected chi connectivity index (χ2v) is 9.72. The highest BCUT2D eigenvalue weighted by molar-refractivity contribution is 5.75. The summed E-state index contributed by atoms with van der Waals surface area (Å²) in [6.45, 7) is 2.31. The lowest BCUT2D eigenvalue weighted by atomic mass is 9.59. The van der Waals surface area contributed by atoms with E-state index in [2.05, 4.69) is 6.92 Å². The minimum Gasteiger partial charge on any atom is -0.423 e. The number of ether oxygens (including phenoxy) is 1. The molecule has 3 aliphatic rings. The summed E-state index contributed by atoms with van der Waals surface area (Å²) < 4.78 is 32.4. The Bertz CT molecular complexity index is 711. The molecule has 0 bridgehead atoms. The van der Waals surface area contributed by atoms with Crippen LogP contribution in [-0.4, -0.2) is 5.97 Å². The maximum absolute atomic E-state index is 13.9. The van der Waals surface area contributed by atoms with Crippen LogP contribution < -0.4 is 4.74 Å². The quantitative estimate of drug-likeness (QED) is 0.402. The topological polar surface area (TPSA) is 26.3 Å². The van der Waals surface area contributed by atoms with E-state index >= 15 is 0 Å². The van der Waals surface area contributed by atoms with Gasteiger partial charge in [-0.25, -0.2) is 8.78 Å². The number of halogens is 2. The fourth-order valence-electron chi connectivity index (χ4n) is 6.53. The molecular weight excluding hydrogens is 370 g/mol. The number of benzene rings is 1. The van der Waals surface area contributed by atoms with E-state index in [9.17, 15) is 13.6 Å². The Morgan fingerprint density at radius 1 is 0.966 bits per heavy atom. The van der Waals surface area contributed by atoms with Crippen LogP contribution in [0.3, 0.4) is 0 Å². The number of carbonyl (C=O) groups excluding carboxylic acids is 1. The minimum atomic E-state index is -0.808. The van der Waals surface area contributed by atoms with Gasteiger partial charge >= 0.3 is 5.97 Å². The SMILES string of the molecule is CCC1CCC(C2CCC3C(CCCC3C(=O)Oc3ccc(F)cc3F)C2)CC1. The van der Waals surface area contributed by atoms with Crippen LogP contribution >= 0.6 is 0 Å². The van der Waals surface area contributed by atoms with E-state index < -0.39 is 11.6 Å². The normalized spacial score (nSPS) is 35.0. The van der Waals surface area contributed by atoms with Crippen molar-refractivity contribution >= 4 is 5.97 Å². The molecule has 4 unspecified atom stereocenters. The lowest BCUT2D eigenvalue weighted by Crippen LogP contribution is -2.40. The summed E-state index contributed by atoms with van der Waals surface area (Å²) in [5.41, 5.74) is 0. The molecule has 160 valence electrons. The molecule has 0 radical (unpaired) electrons. The summed E-state index contributed by atoms with van der Waals surface area (Å²) >= 11 is 0. The Kier molecular flexibility index (Phi) is 6.56. The van der Waals surface area contributed by atoms with Crippen LogP contribution in [0.25, 0.3) is 0 Å². The predicted molar refractivity (Wildman–Crippen MR) is 109 cm³/mol. The molecule has 4 atom stereocenters. The first kappa shape index (κ1) is 20.8. The molecule has 3 saturated carbocycles. The third kappa shape index (κ3) is 4.67. The van der Waals surface area contributed by atoms with Gasteiger partial charge < -0.3 is 4.74 Å². The minimum absolute atomic E-state index is 0.144. The smallest absolute Gasteiger partial charge is 0.314 e. The highest BCUT2D eigenvalue weighted by Crippen LogP contribution is 2.50. The molecule has 1 aromatic rings. The van der Waals surface area contributed by atoms with Gasteiger partial charge in [-0.2, -0.15) is 0 Å². The number of hydrogen-bond donors (Lipinski definition) is 0. The third-order valence-corrected chi connectivity index (χ3v) is 8.23. The first-order valence-electron chi connectivity index (χ1n) is 11.7. The van der Waals surface area contributed by atoms with Crippen molar-refractivity contribution in [3.63, 3.8) is 0 Å². The Morgan fingerprint density at radius 2 is 1.72 bits per heavy atom. The first-order valence-corrected chi connectivity index (χ1v) is 11.7. The zero-order chi connectivity index (χ0) is 20.4. The van der Waals surface area contributed by atoms with Crippen LogP contribution in [-0.2, 0) is 4.79 Å². The molecule has 0 heterocycles. The van der Waals surface area contributed by atoms with Crippen molar-refractivity contribution in [3.05, 3.63) is 29.8 Å². The second kappa shape index (κ2) is 9.14. The van der Waals surface area contributed by atoms with Crippen molar-refractivity contribution in [2.45, 2.75) is 77.6 Å². The molecule has 0 aromatic heterocycles. The van der Waals surface area contributed by atoms with Crippen molar-refractivity contribution in [3.8, 4) is 5.75 Å². The van der Waals surface area contributed by atoms with E-state index in [0.717, 1.165) is 49.1 Å². The number of esters is 1. The maximum atomic E-state index is 13.9. The molecule has 3 aliphatic carbocycles. The van der Waals surface area contributed by atoms with Gasteiger partial charge in [-0.15, -0.1) is 0 Å². The van der Waals surface area contributed by atoms with Crippen molar-refractivity contribution < 1.29 is 18.3 Å². The van der Waals surface area contributed by atoms with Gasteiger partial charge in [-0.1, -0.05) is 39.0 Å². The Hall–Kier alpha value is -1.45. The first-order chi connectivity index (χ1) is 14.0. The average molecular weight is 405 g/mol. The molecule has 4 rings (SSSR count). The summed E-state index contributed by atoms with van der Waals surface area (Å²) in [5.74, 6) is 1.50. The van der Waals surface area contributed by atoms with Gasteiger partial charge in [0.25, 0.3) is 0 Å². The number of fused-ring (bicyclic) bond motifs is 1. The fourth-order valence-corrected chi connectivity index (χ4v) is 6.53. The average Bonchev–Trinajstić information content (AvgIpc) is 2.75. The largest absolute Gasteiger partial charge is 0.423 e. The van der Waals surface area contributed by atoms with Crippen molar-refractivity contribution in [2.24, 2.45) is 35.5 Å². The van der Waals surface area contributed by atoms with Gasteiger partial charge in [0.2, 0.25) is 0 Å².